The average molecular weight is 351 g/mol. The minimum atomic E-state index is -2.35. The van der Waals surface area contributed by atoms with Crippen LogP contribution in [0.4, 0.5) is 0 Å². The van der Waals surface area contributed by atoms with E-state index in [4.69, 9.17) is 17.4 Å². The van der Waals surface area contributed by atoms with Gasteiger partial charge in [0, 0.05) is 13.2 Å². The molecule has 0 spiro atoms. The van der Waals surface area contributed by atoms with E-state index in [1.54, 1.807) is 7.11 Å². The SMILES string of the molecule is C=CC(=O)OC(CC)[Si](C)(C)O[Si](C)(C)O[Si](C)(C)OC. The molecule has 0 bridgehead atoms. The summed E-state index contributed by atoms with van der Waals surface area (Å²) in [6, 6.07) is 0. The Balaban J connectivity index is 4.97. The number of ether oxygens (including phenoxy) is 1. The number of rotatable bonds is 9. The second kappa shape index (κ2) is 7.84. The number of carbonyl (C=O) groups is 1. The minimum absolute atomic E-state index is 0.217. The van der Waals surface area contributed by atoms with Gasteiger partial charge in [-0.25, -0.2) is 4.79 Å². The van der Waals surface area contributed by atoms with Crippen LogP contribution in [0.15, 0.2) is 12.7 Å². The van der Waals surface area contributed by atoms with Gasteiger partial charge < -0.3 is 17.4 Å². The summed E-state index contributed by atoms with van der Waals surface area (Å²) in [6.07, 6.45) is 1.90. The Morgan fingerprint density at radius 2 is 1.62 bits per heavy atom. The fraction of sp³-hybridized carbons (Fsp3) is 0.769. The molecular weight excluding hydrogens is 320 g/mol. The molecule has 0 amide bonds. The van der Waals surface area contributed by atoms with Crippen LogP contribution in [0.5, 0.6) is 0 Å². The molecule has 0 radical (unpaired) electrons. The molecule has 1 atom stereocenters. The van der Waals surface area contributed by atoms with Gasteiger partial charge >= 0.3 is 23.1 Å². The van der Waals surface area contributed by atoms with Gasteiger partial charge in [-0.05, 0) is 45.7 Å². The molecule has 5 nitrogen and oxygen atoms in total. The third-order valence-corrected chi connectivity index (χ3v) is 14.1. The maximum absolute atomic E-state index is 11.5. The van der Waals surface area contributed by atoms with Crippen LogP contribution in [-0.4, -0.2) is 44.2 Å². The summed E-state index contributed by atoms with van der Waals surface area (Å²) < 4.78 is 23.4. The Bertz CT molecular complexity index is 369. The van der Waals surface area contributed by atoms with Crippen molar-refractivity contribution in [1.82, 2.24) is 0 Å². The number of hydrogen-bond donors (Lipinski definition) is 0. The van der Waals surface area contributed by atoms with Crippen LogP contribution in [0.2, 0.25) is 39.3 Å². The van der Waals surface area contributed by atoms with E-state index in [0.29, 0.717) is 6.42 Å². The van der Waals surface area contributed by atoms with Gasteiger partial charge in [-0.15, -0.1) is 0 Å². The molecule has 0 aliphatic heterocycles. The van der Waals surface area contributed by atoms with E-state index in [1.807, 2.05) is 33.1 Å². The van der Waals surface area contributed by atoms with Crippen LogP contribution in [0.25, 0.3) is 0 Å². The summed E-state index contributed by atoms with van der Waals surface area (Å²) in [5.74, 6) is -0.405. The first-order valence-corrected chi connectivity index (χ1v) is 15.8. The van der Waals surface area contributed by atoms with E-state index < -0.39 is 31.4 Å². The summed E-state index contributed by atoms with van der Waals surface area (Å²) in [7, 11) is -5.10. The van der Waals surface area contributed by atoms with Gasteiger partial charge in [-0.2, -0.15) is 0 Å². The minimum Gasteiger partial charge on any atom is -0.460 e. The quantitative estimate of drug-likeness (QED) is 0.363. The van der Waals surface area contributed by atoms with Gasteiger partial charge in [0.15, 0.2) is 0 Å². The van der Waals surface area contributed by atoms with Crippen LogP contribution in [-0.2, 0) is 22.2 Å². The van der Waals surface area contributed by atoms with E-state index >= 15 is 0 Å². The third kappa shape index (κ3) is 7.52. The second-order valence-corrected chi connectivity index (χ2v) is 17.8. The highest BCUT2D eigenvalue weighted by Crippen LogP contribution is 2.25. The lowest BCUT2D eigenvalue weighted by Gasteiger charge is -2.40. The number of hydrogen-bond acceptors (Lipinski definition) is 5. The normalized spacial score (nSPS) is 14.7. The third-order valence-electron chi connectivity index (χ3n) is 3.06. The summed E-state index contributed by atoms with van der Waals surface area (Å²) in [4.78, 5) is 11.5. The van der Waals surface area contributed by atoms with Gasteiger partial charge in [-0.1, -0.05) is 13.5 Å². The molecule has 0 aliphatic rings. The lowest BCUT2D eigenvalue weighted by atomic mass is 10.5. The topological polar surface area (TPSA) is 54.0 Å². The van der Waals surface area contributed by atoms with Crippen LogP contribution < -0.4 is 0 Å². The zero-order valence-electron chi connectivity index (χ0n) is 14.6. The molecule has 1 unspecified atom stereocenters. The maximum atomic E-state index is 11.5. The Kier molecular flexibility index (Phi) is 7.74. The van der Waals surface area contributed by atoms with Crippen LogP contribution >= 0.6 is 0 Å². The average Bonchev–Trinajstić information content (AvgIpc) is 2.32. The lowest BCUT2D eigenvalue weighted by Crippen LogP contribution is -2.58. The van der Waals surface area contributed by atoms with Gasteiger partial charge in [0.1, 0.15) is 5.73 Å². The Morgan fingerprint density at radius 3 is 2.00 bits per heavy atom. The standard InChI is InChI=1S/C13H30O5Si3/c1-10-12(14)16-13(11-2)19(4,5)17-21(8,9)18-20(6,7)15-3/h10,13H,1,11H2,2-9H3. The molecule has 21 heavy (non-hydrogen) atoms. The lowest BCUT2D eigenvalue weighted by molar-refractivity contribution is -0.140. The Hall–Kier alpha value is -0.259. The predicted octanol–water partition coefficient (Wildman–Crippen LogP) is 3.32. The van der Waals surface area contributed by atoms with Gasteiger partial charge in [0.25, 0.3) is 0 Å². The van der Waals surface area contributed by atoms with Gasteiger partial charge in [0.05, 0.1) is 0 Å². The summed E-state index contributed by atoms with van der Waals surface area (Å²) in [6.45, 7) is 17.5. The van der Waals surface area contributed by atoms with Crippen molar-refractivity contribution in [3.05, 3.63) is 12.7 Å². The van der Waals surface area contributed by atoms with Crippen molar-refractivity contribution in [3.8, 4) is 0 Å². The molecule has 0 heterocycles. The van der Waals surface area contributed by atoms with E-state index in [1.165, 1.54) is 6.08 Å². The molecule has 0 fully saturated rings. The molecule has 0 aromatic heterocycles. The van der Waals surface area contributed by atoms with E-state index in [-0.39, 0.29) is 5.73 Å². The first-order chi connectivity index (χ1) is 9.39. The molecule has 0 aliphatic carbocycles. The molecular formula is C13H30O5Si3. The van der Waals surface area contributed by atoms with Crippen LogP contribution in [0.3, 0.4) is 0 Å². The first-order valence-electron chi connectivity index (χ1n) is 7.17. The van der Waals surface area contributed by atoms with Crippen molar-refractivity contribution >= 4 is 31.4 Å². The van der Waals surface area contributed by atoms with Crippen molar-refractivity contribution in [3.63, 3.8) is 0 Å². The molecule has 8 heteroatoms. The van der Waals surface area contributed by atoms with E-state index in [9.17, 15) is 4.79 Å². The van der Waals surface area contributed by atoms with E-state index in [2.05, 4.69) is 19.7 Å². The molecule has 0 aromatic carbocycles. The fourth-order valence-electron chi connectivity index (χ4n) is 2.26. The second-order valence-electron chi connectivity index (χ2n) is 6.35. The molecule has 0 saturated heterocycles. The number of esters is 1. The monoisotopic (exact) mass is 350 g/mol. The van der Waals surface area contributed by atoms with Crippen LogP contribution in [0, 0.1) is 0 Å². The van der Waals surface area contributed by atoms with Crippen LogP contribution in [0.1, 0.15) is 13.3 Å². The molecule has 0 rings (SSSR count). The van der Waals surface area contributed by atoms with Gasteiger partial charge in [0.2, 0.25) is 8.32 Å². The summed E-state index contributed by atoms with van der Waals surface area (Å²) >= 11 is 0. The fourth-order valence-corrected chi connectivity index (χ4v) is 14.8. The highest BCUT2D eigenvalue weighted by atomic mass is 28.5. The smallest absolute Gasteiger partial charge is 0.330 e. The van der Waals surface area contributed by atoms with Crippen molar-refractivity contribution in [2.75, 3.05) is 7.11 Å². The summed E-state index contributed by atoms with van der Waals surface area (Å²) in [5.41, 5.74) is -0.217. The predicted molar refractivity (Wildman–Crippen MR) is 92.0 cm³/mol. The van der Waals surface area contributed by atoms with Gasteiger partial charge in [-0.3, -0.25) is 0 Å². The zero-order valence-corrected chi connectivity index (χ0v) is 17.6. The highest BCUT2D eigenvalue weighted by molar-refractivity contribution is 6.86. The zero-order chi connectivity index (χ0) is 16.9. The first kappa shape index (κ1) is 20.7. The Labute approximate surface area is 132 Å². The summed E-state index contributed by atoms with van der Waals surface area (Å²) in [5, 5.41) is 0. The van der Waals surface area contributed by atoms with Crippen molar-refractivity contribution in [1.29, 1.82) is 0 Å². The number of carbonyl (C=O) groups excluding carboxylic acids is 1. The largest absolute Gasteiger partial charge is 0.460 e. The Morgan fingerprint density at radius 1 is 1.10 bits per heavy atom. The molecule has 0 N–H and O–H groups in total. The van der Waals surface area contributed by atoms with Crippen molar-refractivity contribution < 1.29 is 22.2 Å². The molecule has 124 valence electrons. The van der Waals surface area contributed by atoms with E-state index in [0.717, 1.165) is 0 Å². The van der Waals surface area contributed by atoms with Crippen molar-refractivity contribution in [2.24, 2.45) is 0 Å². The molecule has 0 saturated carbocycles. The highest BCUT2D eigenvalue weighted by Gasteiger charge is 2.44. The van der Waals surface area contributed by atoms with Crippen molar-refractivity contribution in [2.45, 2.75) is 58.4 Å². The maximum Gasteiger partial charge on any atom is 0.330 e. The molecule has 0 aromatic rings.